The number of nitrogens with zero attached hydrogens (tertiary/aromatic N) is 1. The highest BCUT2D eigenvalue weighted by Crippen LogP contribution is 2.23. The van der Waals surface area contributed by atoms with Crippen molar-refractivity contribution in [3.63, 3.8) is 0 Å². The third-order valence-corrected chi connectivity index (χ3v) is 2.63. The molecule has 4 heteroatoms. The van der Waals surface area contributed by atoms with Gasteiger partial charge in [0.25, 0.3) is 0 Å². The van der Waals surface area contributed by atoms with Crippen molar-refractivity contribution < 1.29 is 9.53 Å². The first-order valence-corrected chi connectivity index (χ1v) is 5.35. The van der Waals surface area contributed by atoms with E-state index in [4.69, 9.17) is 11.2 Å². The fraction of sp³-hybridized carbons (Fsp3) is 0.500. The lowest BCUT2D eigenvalue weighted by Gasteiger charge is -2.22. The van der Waals surface area contributed by atoms with Gasteiger partial charge in [0.2, 0.25) is 0 Å². The monoisotopic (exact) mass is 218 g/mol. The van der Waals surface area contributed by atoms with Gasteiger partial charge in [0.1, 0.15) is 0 Å². The number of ketones is 1. The highest BCUT2D eigenvalue weighted by atomic mass is 16.5. The lowest BCUT2D eigenvalue weighted by molar-refractivity contribution is -0.115. The van der Waals surface area contributed by atoms with E-state index >= 15 is 0 Å². The summed E-state index contributed by atoms with van der Waals surface area (Å²) in [5, 5.41) is 3.05. The predicted molar refractivity (Wildman–Crippen MR) is 61.2 cm³/mol. The van der Waals surface area contributed by atoms with E-state index in [0.29, 0.717) is 32.7 Å². The van der Waals surface area contributed by atoms with Gasteiger partial charge in [0.15, 0.2) is 5.78 Å². The zero-order valence-electron chi connectivity index (χ0n) is 9.08. The summed E-state index contributed by atoms with van der Waals surface area (Å²) in [6, 6.07) is 0. The number of terminal acetylenes is 1. The Morgan fingerprint density at radius 2 is 2.44 bits per heavy atom. The lowest BCUT2D eigenvalue weighted by Crippen LogP contribution is -2.30. The number of ether oxygens (including phenoxy) is 1. The van der Waals surface area contributed by atoms with Crippen LogP contribution >= 0.6 is 0 Å². The van der Waals surface area contributed by atoms with Crippen molar-refractivity contribution in [3.05, 3.63) is 11.3 Å². The molecule has 0 fully saturated rings. The molecule has 0 unspecified atom stereocenters. The molecule has 2 rings (SSSR count). The molecular formula is C12H14N2O2. The van der Waals surface area contributed by atoms with E-state index in [0.717, 1.165) is 23.4 Å². The van der Waals surface area contributed by atoms with Crippen molar-refractivity contribution >= 4 is 11.5 Å². The first-order valence-electron chi connectivity index (χ1n) is 5.35. The van der Waals surface area contributed by atoms with Crippen LogP contribution in [0.4, 0.5) is 0 Å². The predicted octanol–water partition coefficient (Wildman–Crippen LogP) is 0.297. The number of Topliss-reactive ketones (excluding diaryl/α,β-unsaturated/α-hetero) is 1. The number of rotatable bonds is 3. The van der Waals surface area contributed by atoms with Crippen LogP contribution in [0.3, 0.4) is 0 Å². The smallest absolute Gasteiger partial charge is 0.168 e. The summed E-state index contributed by atoms with van der Waals surface area (Å²) < 4.78 is 5.25. The van der Waals surface area contributed by atoms with Gasteiger partial charge in [-0.25, -0.2) is 0 Å². The molecule has 0 radical (unpaired) electrons. The summed E-state index contributed by atoms with van der Waals surface area (Å²) in [6.07, 6.45) is 6.26. The molecule has 16 heavy (non-hydrogen) atoms. The van der Waals surface area contributed by atoms with E-state index in [1.807, 2.05) is 0 Å². The van der Waals surface area contributed by atoms with Gasteiger partial charge in [-0.3, -0.25) is 9.79 Å². The van der Waals surface area contributed by atoms with Gasteiger partial charge in [0.05, 0.1) is 31.9 Å². The second-order valence-electron chi connectivity index (χ2n) is 3.81. The van der Waals surface area contributed by atoms with Crippen molar-refractivity contribution in [2.75, 3.05) is 26.3 Å². The van der Waals surface area contributed by atoms with Crippen LogP contribution < -0.4 is 5.32 Å². The highest BCUT2D eigenvalue weighted by molar-refractivity contribution is 6.13. The largest absolute Gasteiger partial charge is 0.376 e. The summed E-state index contributed by atoms with van der Waals surface area (Å²) in [5.41, 5.74) is 2.54. The molecule has 2 aliphatic heterocycles. The van der Waals surface area contributed by atoms with Crippen LogP contribution in [0, 0.1) is 12.3 Å². The van der Waals surface area contributed by atoms with Crippen molar-refractivity contribution in [2.24, 2.45) is 4.99 Å². The van der Waals surface area contributed by atoms with Crippen LogP contribution in [0.15, 0.2) is 16.3 Å². The van der Waals surface area contributed by atoms with Crippen molar-refractivity contribution in [3.8, 4) is 12.3 Å². The highest BCUT2D eigenvalue weighted by Gasteiger charge is 2.24. The molecule has 0 spiro atoms. The van der Waals surface area contributed by atoms with Gasteiger partial charge < -0.3 is 10.1 Å². The molecular weight excluding hydrogens is 204 g/mol. The number of hydrogen-bond donors (Lipinski definition) is 1. The van der Waals surface area contributed by atoms with Crippen LogP contribution in [-0.4, -0.2) is 37.8 Å². The summed E-state index contributed by atoms with van der Waals surface area (Å²) in [6.45, 7) is 2.17. The van der Waals surface area contributed by atoms with Crippen molar-refractivity contribution in [2.45, 2.75) is 12.8 Å². The van der Waals surface area contributed by atoms with E-state index in [1.54, 1.807) is 0 Å². The molecule has 1 N–H and O–H groups in total. The Bertz CT molecular complexity index is 402. The maximum Gasteiger partial charge on any atom is 0.168 e. The minimum absolute atomic E-state index is 0.141. The van der Waals surface area contributed by atoms with E-state index < -0.39 is 0 Å². The van der Waals surface area contributed by atoms with Gasteiger partial charge in [0, 0.05) is 24.3 Å². The number of carbonyl (C=O) groups excluding carboxylic acids is 1. The number of carbonyl (C=O) groups is 1. The van der Waals surface area contributed by atoms with Gasteiger partial charge in [-0.15, -0.1) is 6.42 Å². The Kier molecular flexibility index (Phi) is 3.50. The van der Waals surface area contributed by atoms with Crippen LogP contribution in [0.1, 0.15) is 12.8 Å². The third-order valence-electron chi connectivity index (χ3n) is 2.63. The maximum atomic E-state index is 11.8. The Morgan fingerprint density at radius 1 is 1.56 bits per heavy atom. The molecule has 0 aromatic heterocycles. The fourth-order valence-corrected chi connectivity index (χ4v) is 1.85. The summed E-state index contributed by atoms with van der Waals surface area (Å²) in [7, 11) is 0. The zero-order chi connectivity index (χ0) is 11.4. The summed E-state index contributed by atoms with van der Waals surface area (Å²) >= 11 is 0. The molecule has 0 aromatic carbocycles. The Balaban J connectivity index is 2.06. The topological polar surface area (TPSA) is 50.7 Å². The molecule has 0 bridgehead atoms. The Labute approximate surface area is 94.8 Å². The average molecular weight is 218 g/mol. The Morgan fingerprint density at radius 3 is 3.25 bits per heavy atom. The average Bonchev–Trinajstić information content (AvgIpc) is 2.30. The number of nitrogens with one attached hydrogen (secondary N) is 1. The SMILES string of the molecule is C#CCNCC1=NC2=C(COCC2)C(=O)C1. The molecule has 0 amide bonds. The lowest BCUT2D eigenvalue weighted by atomic mass is 9.98. The number of hydrogen-bond acceptors (Lipinski definition) is 4. The fourth-order valence-electron chi connectivity index (χ4n) is 1.85. The molecule has 0 aromatic rings. The standard InChI is InChI=1S/C12H14N2O2/c1-2-4-13-7-9-6-12(15)10-8-16-5-3-11(10)14-9/h1,13H,3-8H2. The van der Waals surface area contributed by atoms with E-state index in [2.05, 4.69) is 16.2 Å². The number of aliphatic imine (C=N–C) groups is 1. The normalized spacial score (nSPS) is 20.2. The molecule has 84 valence electrons. The first-order chi connectivity index (χ1) is 7.81. The van der Waals surface area contributed by atoms with Crippen LogP contribution in [0.5, 0.6) is 0 Å². The van der Waals surface area contributed by atoms with Gasteiger partial charge >= 0.3 is 0 Å². The second kappa shape index (κ2) is 5.06. The van der Waals surface area contributed by atoms with Crippen LogP contribution in [0.2, 0.25) is 0 Å². The zero-order valence-corrected chi connectivity index (χ0v) is 9.08. The van der Waals surface area contributed by atoms with Gasteiger partial charge in [-0.1, -0.05) is 5.92 Å². The van der Waals surface area contributed by atoms with Gasteiger partial charge in [-0.2, -0.15) is 0 Å². The molecule has 0 saturated carbocycles. The Hall–Kier alpha value is -1.44. The molecule has 4 nitrogen and oxygen atoms in total. The molecule has 0 saturated heterocycles. The van der Waals surface area contributed by atoms with Gasteiger partial charge in [-0.05, 0) is 0 Å². The minimum Gasteiger partial charge on any atom is -0.376 e. The van der Waals surface area contributed by atoms with Crippen molar-refractivity contribution in [1.82, 2.24) is 5.32 Å². The first kappa shape index (κ1) is 11.1. The summed E-state index contributed by atoms with van der Waals surface area (Å²) in [4.78, 5) is 16.3. The second-order valence-corrected chi connectivity index (χ2v) is 3.81. The maximum absolute atomic E-state index is 11.8. The van der Waals surface area contributed by atoms with Crippen LogP contribution in [-0.2, 0) is 9.53 Å². The van der Waals surface area contributed by atoms with E-state index in [1.165, 1.54) is 0 Å². The summed E-state index contributed by atoms with van der Waals surface area (Å²) in [5.74, 6) is 2.63. The molecule has 0 atom stereocenters. The molecule has 0 aliphatic carbocycles. The third kappa shape index (κ3) is 2.38. The molecule has 2 aliphatic rings. The minimum atomic E-state index is 0.141. The quantitative estimate of drug-likeness (QED) is 0.547. The van der Waals surface area contributed by atoms with E-state index in [-0.39, 0.29) is 5.78 Å². The van der Waals surface area contributed by atoms with Crippen molar-refractivity contribution in [1.29, 1.82) is 0 Å². The van der Waals surface area contributed by atoms with E-state index in [9.17, 15) is 4.79 Å². The molecule has 2 heterocycles. The van der Waals surface area contributed by atoms with Crippen LogP contribution in [0.25, 0.3) is 0 Å².